The standard InChI is InChI=1S/C26H26ClFN6O/c1-16(2)26(11-13-29-14-12-26)25(35)33-22-21-24(31-15-30-22)34(18-9-7-17(27)8-10-18)23(32-21)19-5-3-4-6-20(19)28/h3-10,15-16,29H,11-14H2,1-2H3,(H,30,31,33,35). The first-order valence-corrected chi connectivity index (χ1v) is 12.0. The first-order valence-electron chi connectivity index (χ1n) is 11.7. The van der Waals surface area contributed by atoms with E-state index in [4.69, 9.17) is 16.6 Å². The molecular formula is C26H26ClFN6O. The van der Waals surface area contributed by atoms with E-state index in [-0.39, 0.29) is 11.8 Å². The van der Waals surface area contributed by atoms with Gasteiger partial charge < -0.3 is 10.6 Å². The Morgan fingerprint density at radius 2 is 1.83 bits per heavy atom. The molecule has 5 rings (SSSR count). The maximum atomic E-state index is 14.9. The molecule has 0 unspecified atom stereocenters. The summed E-state index contributed by atoms with van der Waals surface area (Å²) in [7, 11) is 0. The molecule has 9 heteroatoms. The molecule has 0 atom stereocenters. The van der Waals surface area contributed by atoms with Gasteiger partial charge in [-0.2, -0.15) is 0 Å². The highest BCUT2D eigenvalue weighted by Crippen LogP contribution is 2.39. The van der Waals surface area contributed by atoms with Crippen molar-refractivity contribution in [2.75, 3.05) is 18.4 Å². The SMILES string of the molecule is CC(C)C1(C(=O)Nc2ncnc3c2nc(-c2ccccc2F)n3-c2ccc(Cl)cc2)CCNCC1. The van der Waals surface area contributed by atoms with Crippen LogP contribution < -0.4 is 10.6 Å². The third kappa shape index (κ3) is 4.17. The second-order valence-corrected chi connectivity index (χ2v) is 9.57. The number of carbonyl (C=O) groups excluding carboxylic acids is 1. The first-order chi connectivity index (χ1) is 16.9. The minimum absolute atomic E-state index is 0.0810. The number of nitrogens with zero attached hydrogens (tertiary/aromatic N) is 4. The number of hydrogen-bond acceptors (Lipinski definition) is 5. The van der Waals surface area contributed by atoms with Gasteiger partial charge in [0.2, 0.25) is 5.91 Å². The number of carbonyl (C=O) groups is 1. The van der Waals surface area contributed by atoms with Crippen molar-refractivity contribution >= 4 is 34.5 Å². The van der Waals surface area contributed by atoms with E-state index in [0.717, 1.165) is 25.9 Å². The highest BCUT2D eigenvalue weighted by atomic mass is 35.5. The van der Waals surface area contributed by atoms with Gasteiger partial charge in [-0.1, -0.05) is 37.6 Å². The van der Waals surface area contributed by atoms with Gasteiger partial charge in [-0.05, 0) is 68.2 Å². The van der Waals surface area contributed by atoms with Crippen LogP contribution in [-0.4, -0.2) is 38.5 Å². The van der Waals surface area contributed by atoms with Crippen LogP contribution >= 0.6 is 11.6 Å². The monoisotopic (exact) mass is 492 g/mol. The Morgan fingerprint density at radius 3 is 2.51 bits per heavy atom. The van der Waals surface area contributed by atoms with Crippen molar-refractivity contribution in [3.05, 3.63) is 65.7 Å². The van der Waals surface area contributed by atoms with E-state index in [1.54, 1.807) is 34.9 Å². The average Bonchev–Trinajstić information content (AvgIpc) is 3.25. The molecule has 1 saturated heterocycles. The number of anilines is 1. The van der Waals surface area contributed by atoms with Crippen LogP contribution in [0.15, 0.2) is 54.9 Å². The lowest BCUT2D eigenvalue weighted by atomic mass is 9.69. The summed E-state index contributed by atoms with van der Waals surface area (Å²) >= 11 is 6.11. The summed E-state index contributed by atoms with van der Waals surface area (Å²) in [5.74, 6) is 0.329. The Bertz CT molecular complexity index is 1380. The van der Waals surface area contributed by atoms with Gasteiger partial charge in [0.1, 0.15) is 18.0 Å². The van der Waals surface area contributed by atoms with Crippen molar-refractivity contribution in [3.8, 4) is 17.1 Å². The third-order valence-corrected chi connectivity index (χ3v) is 7.18. The molecule has 35 heavy (non-hydrogen) atoms. The number of rotatable bonds is 5. The van der Waals surface area contributed by atoms with Crippen molar-refractivity contribution < 1.29 is 9.18 Å². The van der Waals surface area contributed by atoms with Crippen LogP contribution in [0.25, 0.3) is 28.2 Å². The maximum Gasteiger partial charge on any atom is 0.232 e. The molecule has 1 amide bonds. The molecule has 1 fully saturated rings. The average molecular weight is 493 g/mol. The minimum Gasteiger partial charge on any atom is -0.317 e. The molecule has 1 aliphatic heterocycles. The minimum atomic E-state index is -0.504. The molecule has 180 valence electrons. The number of nitrogens with one attached hydrogen (secondary N) is 2. The van der Waals surface area contributed by atoms with Crippen LogP contribution in [0.5, 0.6) is 0 Å². The zero-order valence-corrected chi connectivity index (χ0v) is 20.3. The summed E-state index contributed by atoms with van der Waals surface area (Å²) in [6.45, 7) is 5.72. The Morgan fingerprint density at radius 1 is 1.11 bits per heavy atom. The molecule has 4 aromatic rings. The number of hydrogen-bond donors (Lipinski definition) is 2. The Labute approximate surface area is 207 Å². The van der Waals surface area contributed by atoms with Gasteiger partial charge in [0.15, 0.2) is 17.0 Å². The van der Waals surface area contributed by atoms with Crippen molar-refractivity contribution in [3.63, 3.8) is 0 Å². The lowest BCUT2D eigenvalue weighted by molar-refractivity contribution is -0.129. The number of piperidine rings is 1. The molecule has 0 saturated carbocycles. The Balaban J connectivity index is 1.66. The number of aromatic nitrogens is 4. The highest BCUT2D eigenvalue weighted by molar-refractivity contribution is 6.30. The second-order valence-electron chi connectivity index (χ2n) is 9.14. The zero-order chi connectivity index (χ0) is 24.6. The quantitative estimate of drug-likeness (QED) is 0.398. The fourth-order valence-corrected chi connectivity index (χ4v) is 4.94. The summed E-state index contributed by atoms with van der Waals surface area (Å²) in [6, 6.07) is 13.6. The van der Waals surface area contributed by atoms with Crippen molar-refractivity contribution in [1.29, 1.82) is 0 Å². The van der Waals surface area contributed by atoms with Crippen LogP contribution in [0.4, 0.5) is 10.2 Å². The van der Waals surface area contributed by atoms with Crippen LogP contribution in [-0.2, 0) is 4.79 Å². The fourth-order valence-electron chi connectivity index (χ4n) is 4.81. The molecule has 2 aromatic carbocycles. The number of amides is 1. The summed E-state index contributed by atoms with van der Waals surface area (Å²) in [6.07, 6.45) is 2.87. The molecule has 0 spiro atoms. The van der Waals surface area contributed by atoms with E-state index in [2.05, 4.69) is 34.4 Å². The van der Waals surface area contributed by atoms with Crippen LogP contribution in [0, 0.1) is 17.2 Å². The van der Waals surface area contributed by atoms with Gasteiger partial charge in [0.05, 0.1) is 11.0 Å². The molecule has 0 aliphatic carbocycles. The van der Waals surface area contributed by atoms with E-state index >= 15 is 0 Å². The van der Waals surface area contributed by atoms with Crippen LogP contribution in [0.1, 0.15) is 26.7 Å². The number of benzene rings is 2. The molecule has 2 aromatic heterocycles. The largest absolute Gasteiger partial charge is 0.317 e. The predicted molar refractivity (Wildman–Crippen MR) is 135 cm³/mol. The lowest BCUT2D eigenvalue weighted by Crippen LogP contribution is -2.48. The van der Waals surface area contributed by atoms with Gasteiger partial charge in [-0.3, -0.25) is 9.36 Å². The van der Waals surface area contributed by atoms with Gasteiger partial charge in [0.25, 0.3) is 0 Å². The van der Waals surface area contributed by atoms with E-state index in [0.29, 0.717) is 39.1 Å². The topological polar surface area (TPSA) is 84.7 Å². The summed E-state index contributed by atoms with van der Waals surface area (Å²) in [4.78, 5) is 27.2. The molecule has 2 N–H and O–H groups in total. The molecule has 3 heterocycles. The van der Waals surface area contributed by atoms with E-state index in [9.17, 15) is 9.18 Å². The van der Waals surface area contributed by atoms with E-state index < -0.39 is 11.2 Å². The van der Waals surface area contributed by atoms with Gasteiger partial charge in [-0.15, -0.1) is 0 Å². The Hall–Kier alpha value is -3.36. The smallest absolute Gasteiger partial charge is 0.232 e. The van der Waals surface area contributed by atoms with Crippen LogP contribution in [0.3, 0.4) is 0 Å². The van der Waals surface area contributed by atoms with Crippen LogP contribution in [0.2, 0.25) is 5.02 Å². The summed E-state index contributed by atoms with van der Waals surface area (Å²) in [5, 5.41) is 6.95. The number of halogens is 2. The molecule has 0 radical (unpaired) electrons. The Kier molecular flexibility index (Phi) is 6.25. The molecular weight excluding hydrogens is 467 g/mol. The second kappa shape index (κ2) is 9.36. The van der Waals surface area contributed by atoms with E-state index in [1.165, 1.54) is 12.4 Å². The highest BCUT2D eigenvalue weighted by Gasteiger charge is 2.42. The van der Waals surface area contributed by atoms with Gasteiger partial charge in [-0.25, -0.2) is 19.3 Å². The van der Waals surface area contributed by atoms with Gasteiger partial charge in [0, 0.05) is 10.7 Å². The first kappa shape index (κ1) is 23.4. The van der Waals surface area contributed by atoms with E-state index in [1.807, 2.05) is 12.1 Å². The summed E-state index contributed by atoms with van der Waals surface area (Å²) < 4.78 is 16.6. The fraction of sp³-hybridized carbons (Fsp3) is 0.308. The number of fused-ring (bicyclic) bond motifs is 1. The van der Waals surface area contributed by atoms with Gasteiger partial charge >= 0.3 is 0 Å². The van der Waals surface area contributed by atoms with Crippen molar-refractivity contribution in [2.45, 2.75) is 26.7 Å². The predicted octanol–water partition coefficient (Wildman–Crippen LogP) is 5.24. The maximum absolute atomic E-state index is 14.9. The number of imidazole rings is 1. The van der Waals surface area contributed by atoms with Crippen molar-refractivity contribution in [1.82, 2.24) is 24.8 Å². The molecule has 0 bridgehead atoms. The van der Waals surface area contributed by atoms with Crippen molar-refractivity contribution in [2.24, 2.45) is 11.3 Å². The molecule has 7 nitrogen and oxygen atoms in total. The third-order valence-electron chi connectivity index (χ3n) is 6.93. The zero-order valence-electron chi connectivity index (χ0n) is 19.6. The molecule has 1 aliphatic rings. The normalized spacial score (nSPS) is 15.5. The lowest BCUT2D eigenvalue weighted by Gasteiger charge is -2.39. The summed E-state index contributed by atoms with van der Waals surface area (Å²) in [5.41, 5.74) is 1.37.